The first-order valence-electron chi connectivity index (χ1n) is 6.31. The molecule has 0 fully saturated rings. The van der Waals surface area contributed by atoms with E-state index < -0.39 is 11.7 Å². The Morgan fingerprint density at radius 1 is 1.14 bits per heavy atom. The van der Waals surface area contributed by atoms with Crippen molar-refractivity contribution in [2.75, 3.05) is 6.54 Å². The van der Waals surface area contributed by atoms with Crippen molar-refractivity contribution in [3.63, 3.8) is 0 Å². The van der Waals surface area contributed by atoms with Crippen molar-refractivity contribution in [1.29, 1.82) is 0 Å². The molecule has 1 amide bonds. The molecule has 0 saturated heterocycles. The van der Waals surface area contributed by atoms with Gasteiger partial charge in [0.15, 0.2) is 0 Å². The van der Waals surface area contributed by atoms with E-state index in [-0.39, 0.29) is 5.91 Å². The fourth-order valence-corrected chi connectivity index (χ4v) is 1.78. The number of carbonyl (C=O) groups excluding carboxylic acids is 1. The number of hydrogen-bond donors (Lipinski definition) is 1. The molecule has 1 heterocycles. The van der Waals surface area contributed by atoms with Crippen LogP contribution in [0.1, 0.15) is 21.5 Å². The lowest BCUT2D eigenvalue weighted by molar-refractivity contribution is -0.137. The van der Waals surface area contributed by atoms with Crippen LogP contribution in [0.2, 0.25) is 0 Å². The number of pyridine rings is 1. The minimum atomic E-state index is -4.33. The summed E-state index contributed by atoms with van der Waals surface area (Å²) in [6.45, 7) is 0.346. The molecule has 0 bridgehead atoms. The smallest absolute Gasteiger partial charge is 0.352 e. The molecule has 0 radical (unpaired) electrons. The van der Waals surface area contributed by atoms with Crippen LogP contribution < -0.4 is 5.32 Å². The van der Waals surface area contributed by atoms with E-state index in [0.29, 0.717) is 18.5 Å². The van der Waals surface area contributed by atoms with Gasteiger partial charge in [0.05, 0.1) is 11.1 Å². The van der Waals surface area contributed by atoms with Crippen LogP contribution in [-0.2, 0) is 12.6 Å². The highest BCUT2D eigenvalue weighted by Crippen LogP contribution is 2.29. The summed E-state index contributed by atoms with van der Waals surface area (Å²) in [5.74, 6) is -0.255. The summed E-state index contributed by atoms with van der Waals surface area (Å²) in [4.78, 5) is 15.6. The van der Waals surface area contributed by atoms with Crippen molar-refractivity contribution in [2.24, 2.45) is 0 Å². The van der Waals surface area contributed by atoms with Crippen LogP contribution >= 0.6 is 0 Å². The maximum atomic E-state index is 12.4. The van der Waals surface area contributed by atoms with Gasteiger partial charge >= 0.3 is 6.18 Å². The first-order chi connectivity index (χ1) is 9.97. The van der Waals surface area contributed by atoms with E-state index in [1.54, 1.807) is 18.3 Å². The Bertz CT molecular complexity index is 595. The van der Waals surface area contributed by atoms with Gasteiger partial charge in [0.1, 0.15) is 0 Å². The van der Waals surface area contributed by atoms with E-state index in [4.69, 9.17) is 0 Å². The summed E-state index contributed by atoms with van der Waals surface area (Å²) in [5, 5.41) is 2.69. The van der Waals surface area contributed by atoms with Gasteiger partial charge in [-0.25, -0.2) is 0 Å². The Morgan fingerprint density at radius 2 is 1.86 bits per heavy atom. The zero-order valence-electron chi connectivity index (χ0n) is 11.0. The molecule has 21 heavy (non-hydrogen) atoms. The third-order valence-electron chi connectivity index (χ3n) is 2.90. The molecular weight excluding hydrogens is 281 g/mol. The van der Waals surface area contributed by atoms with E-state index in [1.807, 2.05) is 0 Å². The molecular formula is C15H13F3N2O. The van der Waals surface area contributed by atoms with Gasteiger partial charge in [-0.05, 0) is 36.2 Å². The number of alkyl halides is 3. The molecule has 1 N–H and O–H groups in total. The largest absolute Gasteiger partial charge is 0.416 e. The molecule has 1 aromatic heterocycles. The minimum absolute atomic E-state index is 0.255. The predicted octanol–water partition coefficient (Wildman–Crippen LogP) is 3.07. The van der Waals surface area contributed by atoms with E-state index in [2.05, 4.69) is 10.3 Å². The normalized spacial score (nSPS) is 11.2. The number of hydrogen-bond acceptors (Lipinski definition) is 2. The Morgan fingerprint density at radius 3 is 2.43 bits per heavy atom. The van der Waals surface area contributed by atoms with Crippen molar-refractivity contribution < 1.29 is 18.0 Å². The Hall–Kier alpha value is -2.37. The zero-order valence-corrected chi connectivity index (χ0v) is 11.0. The molecule has 0 aliphatic rings. The number of halogens is 3. The molecule has 110 valence electrons. The fraction of sp³-hybridized carbons (Fsp3) is 0.200. The second kappa shape index (κ2) is 6.39. The van der Waals surface area contributed by atoms with Crippen LogP contribution in [0.5, 0.6) is 0 Å². The highest BCUT2D eigenvalue weighted by atomic mass is 19.4. The maximum Gasteiger partial charge on any atom is 0.416 e. The molecule has 0 aliphatic carbocycles. The number of nitrogens with zero attached hydrogens (tertiary/aromatic N) is 1. The second-order valence-corrected chi connectivity index (χ2v) is 4.44. The topological polar surface area (TPSA) is 42.0 Å². The Balaban J connectivity index is 1.85. The lowest BCUT2D eigenvalue weighted by Crippen LogP contribution is -2.25. The molecule has 2 aromatic rings. The van der Waals surface area contributed by atoms with Crippen LogP contribution in [0, 0.1) is 0 Å². The second-order valence-electron chi connectivity index (χ2n) is 4.44. The standard InChI is InChI=1S/C15H13F3N2O/c16-15(17,18)13-5-3-11(4-6-13)7-9-20-14(21)12-2-1-8-19-10-12/h1-6,8,10H,7,9H2,(H,20,21). The molecule has 1 aromatic carbocycles. The van der Waals surface area contributed by atoms with Crippen LogP contribution in [0.3, 0.4) is 0 Å². The van der Waals surface area contributed by atoms with Crippen LogP contribution in [0.4, 0.5) is 13.2 Å². The molecule has 0 spiro atoms. The average molecular weight is 294 g/mol. The van der Waals surface area contributed by atoms with Crippen molar-refractivity contribution in [3.05, 3.63) is 65.5 Å². The zero-order chi connectivity index (χ0) is 15.3. The predicted molar refractivity (Wildman–Crippen MR) is 71.7 cm³/mol. The van der Waals surface area contributed by atoms with Crippen LogP contribution in [-0.4, -0.2) is 17.4 Å². The fourth-order valence-electron chi connectivity index (χ4n) is 1.78. The van der Waals surface area contributed by atoms with Crippen molar-refractivity contribution >= 4 is 5.91 Å². The first kappa shape index (κ1) is 15.0. The third kappa shape index (κ3) is 4.30. The summed E-state index contributed by atoms with van der Waals surface area (Å²) in [6, 6.07) is 8.21. The molecule has 0 atom stereocenters. The summed E-state index contributed by atoms with van der Waals surface area (Å²) in [7, 11) is 0. The SMILES string of the molecule is O=C(NCCc1ccc(C(F)(F)F)cc1)c1cccnc1. The van der Waals surface area contributed by atoms with Crippen molar-refractivity contribution in [3.8, 4) is 0 Å². The van der Waals surface area contributed by atoms with Gasteiger partial charge < -0.3 is 5.32 Å². The van der Waals surface area contributed by atoms with Crippen LogP contribution in [0.15, 0.2) is 48.8 Å². The summed E-state index contributed by atoms with van der Waals surface area (Å²) < 4.78 is 37.2. The molecule has 6 heteroatoms. The van der Waals surface area contributed by atoms with Crippen molar-refractivity contribution in [2.45, 2.75) is 12.6 Å². The van der Waals surface area contributed by atoms with E-state index in [1.165, 1.54) is 18.3 Å². The average Bonchev–Trinajstić information content (AvgIpc) is 2.47. The van der Waals surface area contributed by atoms with Gasteiger partial charge in [-0.2, -0.15) is 13.2 Å². The van der Waals surface area contributed by atoms with E-state index in [0.717, 1.165) is 17.7 Å². The summed E-state index contributed by atoms with van der Waals surface area (Å²) in [6.07, 6.45) is -0.844. The highest BCUT2D eigenvalue weighted by molar-refractivity contribution is 5.93. The lowest BCUT2D eigenvalue weighted by Gasteiger charge is -2.08. The minimum Gasteiger partial charge on any atom is -0.352 e. The lowest BCUT2D eigenvalue weighted by atomic mass is 10.1. The molecule has 0 unspecified atom stereocenters. The third-order valence-corrected chi connectivity index (χ3v) is 2.90. The van der Waals surface area contributed by atoms with Gasteiger partial charge in [0, 0.05) is 18.9 Å². The number of amides is 1. The van der Waals surface area contributed by atoms with Gasteiger partial charge in [-0.15, -0.1) is 0 Å². The van der Waals surface area contributed by atoms with Crippen LogP contribution in [0.25, 0.3) is 0 Å². The molecule has 3 nitrogen and oxygen atoms in total. The Kier molecular flexibility index (Phi) is 4.57. The number of benzene rings is 1. The summed E-state index contributed by atoms with van der Waals surface area (Å²) >= 11 is 0. The van der Waals surface area contributed by atoms with Gasteiger partial charge in [-0.1, -0.05) is 12.1 Å². The van der Waals surface area contributed by atoms with Gasteiger partial charge in [0.25, 0.3) is 5.91 Å². The number of carbonyl (C=O) groups is 1. The summed E-state index contributed by atoms with van der Waals surface area (Å²) in [5.41, 5.74) is 0.505. The first-order valence-corrected chi connectivity index (χ1v) is 6.31. The molecule has 0 aliphatic heterocycles. The van der Waals surface area contributed by atoms with E-state index >= 15 is 0 Å². The highest BCUT2D eigenvalue weighted by Gasteiger charge is 2.29. The van der Waals surface area contributed by atoms with Gasteiger partial charge in [-0.3, -0.25) is 9.78 Å². The number of aromatic nitrogens is 1. The molecule has 2 rings (SSSR count). The maximum absolute atomic E-state index is 12.4. The Labute approximate surface area is 119 Å². The van der Waals surface area contributed by atoms with Gasteiger partial charge in [0.2, 0.25) is 0 Å². The van der Waals surface area contributed by atoms with Crippen molar-refractivity contribution in [1.82, 2.24) is 10.3 Å². The number of rotatable bonds is 4. The number of nitrogens with one attached hydrogen (secondary N) is 1. The molecule has 0 saturated carbocycles. The quantitative estimate of drug-likeness (QED) is 0.941. The monoisotopic (exact) mass is 294 g/mol. The van der Waals surface area contributed by atoms with E-state index in [9.17, 15) is 18.0 Å².